The second-order valence-corrected chi connectivity index (χ2v) is 23.1. The van der Waals surface area contributed by atoms with E-state index in [0.717, 1.165) is 103 Å². The highest BCUT2D eigenvalue weighted by atomic mass is 16.6. The van der Waals surface area contributed by atoms with E-state index in [1.54, 1.807) is 6.08 Å². The first-order valence-corrected chi connectivity index (χ1v) is 35.0. The van der Waals surface area contributed by atoms with Gasteiger partial charge in [0.2, 0.25) is 0 Å². The quantitative estimate of drug-likeness (QED) is 0.0261. The Labute approximate surface area is 513 Å². The molecule has 0 saturated heterocycles. The molecule has 0 spiro atoms. The molecule has 1 atom stereocenters. The summed E-state index contributed by atoms with van der Waals surface area (Å²) in [5, 5.41) is 0. The molecular weight excluding hydrogens is 1020 g/mol. The maximum absolute atomic E-state index is 12.9. The molecule has 0 amide bonds. The van der Waals surface area contributed by atoms with E-state index in [0.29, 0.717) is 12.8 Å². The molecule has 0 rings (SSSR count). The van der Waals surface area contributed by atoms with Crippen molar-refractivity contribution < 1.29 is 28.6 Å². The highest BCUT2D eigenvalue weighted by molar-refractivity contribution is 5.72. The minimum Gasteiger partial charge on any atom is -0.462 e. The summed E-state index contributed by atoms with van der Waals surface area (Å²) in [6.07, 6.45) is 98.3. The van der Waals surface area contributed by atoms with Crippen LogP contribution >= 0.6 is 0 Å². The van der Waals surface area contributed by atoms with Crippen LogP contribution in [0.15, 0.2) is 122 Å². The lowest BCUT2D eigenvalue weighted by Crippen LogP contribution is -2.30. The molecule has 0 aliphatic rings. The Morgan fingerprint density at radius 2 is 0.518 bits per heavy atom. The van der Waals surface area contributed by atoms with Crippen LogP contribution in [-0.4, -0.2) is 37.2 Å². The average Bonchev–Trinajstić information content (AvgIpc) is 3.49. The van der Waals surface area contributed by atoms with Gasteiger partial charge in [-0.1, -0.05) is 341 Å². The molecule has 0 saturated carbocycles. The maximum Gasteiger partial charge on any atom is 0.309 e. The van der Waals surface area contributed by atoms with Crippen LogP contribution in [0.5, 0.6) is 0 Å². The average molecular weight is 1150 g/mol. The third-order valence-electron chi connectivity index (χ3n) is 15.0. The Morgan fingerprint density at radius 3 is 0.843 bits per heavy atom. The van der Waals surface area contributed by atoms with Crippen LogP contribution in [0.1, 0.15) is 329 Å². The zero-order valence-electron chi connectivity index (χ0n) is 54.4. The van der Waals surface area contributed by atoms with Crippen molar-refractivity contribution in [2.75, 3.05) is 13.2 Å². The molecule has 0 aromatic rings. The molecule has 0 radical (unpaired) electrons. The molecule has 474 valence electrons. The molecule has 1 unspecified atom stereocenters. The molecule has 6 nitrogen and oxygen atoms in total. The number of carbonyl (C=O) groups excluding carboxylic acids is 3. The lowest BCUT2D eigenvalue weighted by atomic mass is 10.0. The van der Waals surface area contributed by atoms with Gasteiger partial charge in [-0.3, -0.25) is 14.4 Å². The van der Waals surface area contributed by atoms with E-state index in [4.69, 9.17) is 14.2 Å². The van der Waals surface area contributed by atoms with Gasteiger partial charge in [-0.15, -0.1) is 0 Å². The van der Waals surface area contributed by atoms with Gasteiger partial charge in [-0.05, 0) is 89.9 Å². The van der Waals surface area contributed by atoms with E-state index in [1.165, 1.54) is 186 Å². The number of allylic oxidation sites excluding steroid dienone is 19. The van der Waals surface area contributed by atoms with Gasteiger partial charge in [0, 0.05) is 12.8 Å². The Balaban J connectivity index is 4.34. The van der Waals surface area contributed by atoms with Crippen LogP contribution in [0.4, 0.5) is 0 Å². The predicted octanol–water partition coefficient (Wildman–Crippen LogP) is 24.3. The van der Waals surface area contributed by atoms with Crippen LogP contribution in [0.25, 0.3) is 0 Å². The Bertz CT molecular complexity index is 1700. The summed E-state index contributed by atoms with van der Waals surface area (Å²) in [6, 6.07) is 0. The van der Waals surface area contributed by atoms with Crippen molar-refractivity contribution in [2.45, 2.75) is 335 Å². The zero-order valence-corrected chi connectivity index (χ0v) is 54.4. The van der Waals surface area contributed by atoms with Gasteiger partial charge < -0.3 is 14.2 Å². The Hall–Kier alpha value is -4.19. The minimum atomic E-state index is -0.820. The fraction of sp³-hybridized carbons (Fsp3) is 0.701. The van der Waals surface area contributed by atoms with E-state index in [-0.39, 0.29) is 31.6 Å². The Kier molecular flexibility index (Phi) is 66.7. The van der Waals surface area contributed by atoms with Crippen LogP contribution in [-0.2, 0) is 28.6 Å². The maximum atomic E-state index is 12.9. The van der Waals surface area contributed by atoms with E-state index in [1.807, 2.05) is 6.08 Å². The summed E-state index contributed by atoms with van der Waals surface area (Å²) in [5.41, 5.74) is 0. The molecule has 0 N–H and O–H groups in total. The zero-order chi connectivity index (χ0) is 59.9. The summed E-state index contributed by atoms with van der Waals surface area (Å²) in [4.78, 5) is 38.4. The molecule has 0 fully saturated rings. The number of carbonyl (C=O) groups is 3. The van der Waals surface area contributed by atoms with E-state index < -0.39 is 12.1 Å². The summed E-state index contributed by atoms with van der Waals surface area (Å²) in [5.74, 6) is -1.03. The fourth-order valence-corrected chi connectivity index (χ4v) is 9.84. The minimum absolute atomic E-state index is 0.107. The topological polar surface area (TPSA) is 78.9 Å². The second-order valence-electron chi connectivity index (χ2n) is 23.1. The highest BCUT2D eigenvalue weighted by Gasteiger charge is 2.19. The molecule has 6 heteroatoms. The fourth-order valence-electron chi connectivity index (χ4n) is 9.84. The van der Waals surface area contributed by atoms with Gasteiger partial charge in [-0.2, -0.15) is 0 Å². The van der Waals surface area contributed by atoms with E-state index in [9.17, 15) is 14.4 Å². The van der Waals surface area contributed by atoms with Gasteiger partial charge in [0.15, 0.2) is 6.10 Å². The van der Waals surface area contributed by atoms with Gasteiger partial charge >= 0.3 is 17.9 Å². The number of hydrogen-bond donors (Lipinski definition) is 0. The third-order valence-corrected chi connectivity index (χ3v) is 15.0. The first-order valence-electron chi connectivity index (χ1n) is 35.0. The number of esters is 3. The highest BCUT2D eigenvalue weighted by Crippen LogP contribution is 2.17. The summed E-state index contributed by atoms with van der Waals surface area (Å²) < 4.78 is 16.9. The second kappa shape index (κ2) is 70.3. The van der Waals surface area contributed by atoms with Crippen molar-refractivity contribution in [2.24, 2.45) is 0 Å². The van der Waals surface area contributed by atoms with Crippen LogP contribution in [0.2, 0.25) is 0 Å². The molecule has 0 aliphatic carbocycles. The van der Waals surface area contributed by atoms with Gasteiger partial charge in [0.05, 0.1) is 6.42 Å². The van der Waals surface area contributed by atoms with E-state index >= 15 is 0 Å². The van der Waals surface area contributed by atoms with Crippen molar-refractivity contribution in [3.8, 4) is 0 Å². The molecule has 0 aromatic heterocycles. The third kappa shape index (κ3) is 68.5. The first kappa shape index (κ1) is 78.8. The number of unbranched alkanes of at least 4 members (excludes halogenated alkanes) is 33. The van der Waals surface area contributed by atoms with Crippen LogP contribution in [0, 0.1) is 0 Å². The lowest BCUT2D eigenvalue weighted by molar-refractivity contribution is -0.166. The predicted molar refractivity (Wildman–Crippen MR) is 362 cm³/mol. The van der Waals surface area contributed by atoms with Gasteiger partial charge in [-0.25, -0.2) is 0 Å². The molecule has 0 aromatic carbocycles. The van der Waals surface area contributed by atoms with Gasteiger partial charge in [0.25, 0.3) is 0 Å². The lowest BCUT2D eigenvalue weighted by Gasteiger charge is -2.18. The summed E-state index contributed by atoms with van der Waals surface area (Å²) in [7, 11) is 0. The molecule has 0 aliphatic heterocycles. The van der Waals surface area contributed by atoms with Crippen molar-refractivity contribution in [3.63, 3.8) is 0 Å². The summed E-state index contributed by atoms with van der Waals surface area (Å²) in [6.45, 7) is 6.36. The monoisotopic (exact) mass is 1150 g/mol. The van der Waals surface area contributed by atoms with Crippen LogP contribution < -0.4 is 0 Å². The Morgan fingerprint density at radius 1 is 0.265 bits per heavy atom. The normalized spacial score (nSPS) is 12.9. The largest absolute Gasteiger partial charge is 0.462 e. The molecule has 0 heterocycles. The van der Waals surface area contributed by atoms with Crippen molar-refractivity contribution >= 4 is 17.9 Å². The van der Waals surface area contributed by atoms with Crippen LogP contribution in [0.3, 0.4) is 0 Å². The molecule has 0 bridgehead atoms. The molecular formula is C77H130O6. The SMILES string of the molecule is CC/C=C\C/C=C\C/C=C\C/C=C\C/C=C\CCCCCCCCCCCCCCCC(=O)OCC(COC(=O)C/C=C\C/C=C\C/C=C\C/C=C\C/C=C\CC)OC(=O)CCCCCCCCCCCCCCCCCCCCCCC. The number of ether oxygens (including phenoxy) is 3. The smallest absolute Gasteiger partial charge is 0.309 e. The van der Waals surface area contributed by atoms with Crippen molar-refractivity contribution in [3.05, 3.63) is 122 Å². The van der Waals surface area contributed by atoms with E-state index in [2.05, 4.69) is 130 Å². The molecule has 83 heavy (non-hydrogen) atoms. The number of hydrogen-bond acceptors (Lipinski definition) is 6. The van der Waals surface area contributed by atoms with Gasteiger partial charge in [0.1, 0.15) is 13.2 Å². The standard InChI is InChI=1S/C77H130O6/c1-4-7-10-13-16-19-22-25-28-30-32-34-35-36-37-38-39-40-41-43-44-46-49-52-55-58-61-64-67-70-76(79)82-73-74(72-81-75(78)69-66-63-60-57-54-51-48-27-24-21-18-15-12-9-6-3)83-77(80)71-68-65-62-59-56-53-50-47-45-42-33-31-29-26-23-20-17-14-11-8-5-2/h7,9-10,12,16,18-19,21,25,27-28,32,34,36-37,48,54,57,63,66,74H,4-6,8,11,13-15,17,20,22-24,26,29-31,33,35,38-47,49-53,55-56,58-62,64-65,67-73H2,1-3H3/b10-7-,12-9-,19-16-,21-18-,28-25-,34-32-,37-36-,48-27-,57-54-,66-63-. The van der Waals surface area contributed by atoms with Crippen molar-refractivity contribution in [1.82, 2.24) is 0 Å². The summed E-state index contributed by atoms with van der Waals surface area (Å²) >= 11 is 0. The van der Waals surface area contributed by atoms with Crippen molar-refractivity contribution in [1.29, 1.82) is 0 Å². The first-order chi connectivity index (χ1) is 41.0. The number of rotatable bonds is 63.